The normalized spacial score (nSPS) is 21.9. The predicted molar refractivity (Wildman–Crippen MR) is 85.5 cm³/mol. The van der Waals surface area contributed by atoms with Crippen LogP contribution in [-0.4, -0.2) is 48.9 Å². The quantitative estimate of drug-likeness (QED) is 0.839. The van der Waals surface area contributed by atoms with Gasteiger partial charge in [-0.1, -0.05) is 29.8 Å². The monoisotopic (exact) mass is 306 g/mol. The number of hydrogen-bond acceptors (Lipinski definition) is 2. The van der Waals surface area contributed by atoms with Crippen molar-refractivity contribution < 1.29 is 4.79 Å². The van der Waals surface area contributed by atoms with Crippen LogP contribution in [0.3, 0.4) is 0 Å². The number of carbonyl (C=O) groups is 1. The number of halogens is 1. The van der Waals surface area contributed by atoms with Gasteiger partial charge < -0.3 is 9.80 Å². The number of amides is 1. The highest BCUT2D eigenvalue weighted by atomic mass is 35.5. The van der Waals surface area contributed by atoms with Crippen molar-refractivity contribution in [3.8, 4) is 0 Å². The summed E-state index contributed by atoms with van der Waals surface area (Å²) in [6.45, 7) is 4.16. The number of likely N-dealkylation sites (tertiary alicyclic amines) is 2. The van der Waals surface area contributed by atoms with Gasteiger partial charge in [0.15, 0.2) is 0 Å². The fraction of sp³-hybridized carbons (Fsp3) is 0.588. The molecule has 0 bridgehead atoms. The summed E-state index contributed by atoms with van der Waals surface area (Å²) in [6.07, 6.45) is 4.03. The first kappa shape index (κ1) is 14.9. The van der Waals surface area contributed by atoms with Crippen molar-refractivity contribution in [2.75, 3.05) is 33.2 Å². The molecule has 0 aliphatic carbocycles. The molecule has 114 valence electrons. The third-order valence-electron chi connectivity index (χ3n) is 5.14. The molecule has 1 spiro atoms. The second kappa shape index (κ2) is 5.98. The second-order valence-electron chi connectivity index (χ2n) is 6.64. The van der Waals surface area contributed by atoms with Gasteiger partial charge in [-0.3, -0.25) is 4.79 Å². The Balaban J connectivity index is 1.61. The summed E-state index contributed by atoms with van der Waals surface area (Å²) in [7, 11) is 2.18. The van der Waals surface area contributed by atoms with Gasteiger partial charge in [0.25, 0.3) is 0 Å². The molecule has 4 heteroatoms. The molecular formula is C17H23ClN2O. The van der Waals surface area contributed by atoms with E-state index in [0.29, 0.717) is 16.9 Å². The van der Waals surface area contributed by atoms with Crippen LogP contribution >= 0.6 is 11.6 Å². The fourth-order valence-electron chi connectivity index (χ4n) is 3.57. The molecule has 2 heterocycles. The van der Waals surface area contributed by atoms with E-state index >= 15 is 0 Å². The first-order valence-corrected chi connectivity index (χ1v) is 8.16. The van der Waals surface area contributed by atoms with Crippen LogP contribution < -0.4 is 0 Å². The van der Waals surface area contributed by atoms with Crippen molar-refractivity contribution >= 4 is 17.5 Å². The van der Waals surface area contributed by atoms with Gasteiger partial charge in [-0.2, -0.15) is 0 Å². The van der Waals surface area contributed by atoms with Gasteiger partial charge >= 0.3 is 0 Å². The van der Waals surface area contributed by atoms with Crippen LogP contribution in [0.2, 0.25) is 5.02 Å². The minimum absolute atomic E-state index is 0.221. The topological polar surface area (TPSA) is 23.6 Å². The molecule has 2 saturated heterocycles. The van der Waals surface area contributed by atoms with Crippen LogP contribution in [-0.2, 0) is 11.2 Å². The molecule has 3 rings (SSSR count). The molecule has 1 aromatic rings. The Morgan fingerprint density at radius 1 is 1.19 bits per heavy atom. The lowest BCUT2D eigenvalue weighted by Gasteiger charge is -2.37. The van der Waals surface area contributed by atoms with Crippen molar-refractivity contribution in [2.45, 2.75) is 25.7 Å². The summed E-state index contributed by atoms with van der Waals surface area (Å²) < 4.78 is 0. The Hall–Kier alpha value is -1.06. The lowest BCUT2D eigenvalue weighted by molar-refractivity contribution is -0.130. The standard InChI is InChI=1S/C17H23ClN2O/c1-19-9-6-17(7-10-19)8-11-20(13-17)16(21)12-14-4-2-3-5-15(14)18/h2-5H,6-13H2,1H3. The zero-order valence-electron chi connectivity index (χ0n) is 12.6. The molecule has 1 amide bonds. The SMILES string of the molecule is CN1CCC2(CC1)CCN(C(=O)Cc1ccccc1Cl)C2. The van der Waals surface area contributed by atoms with Crippen molar-refractivity contribution in [3.05, 3.63) is 34.9 Å². The molecule has 0 saturated carbocycles. The molecule has 0 unspecified atom stereocenters. The third-order valence-corrected chi connectivity index (χ3v) is 5.51. The molecule has 0 atom stereocenters. The average molecular weight is 307 g/mol. The maximum Gasteiger partial charge on any atom is 0.227 e. The second-order valence-corrected chi connectivity index (χ2v) is 7.04. The van der Waals surface area contributed by atoms with E-state index in [-0.39, 0.29) is 5.91 Å². The van der Waals surface area contributed by atoms with Crippen LogP contribution in [0.4, 0.5) is 0 Å². The zero-order valence-corrected chi connectivity index (χ0v) is 13.4. The van der Waals surface area contributed by atoms with E-state index in [0.717, 1.165) is 38.2 Å². The summed E-state index contributed by atoms with van der Waals surface area (Å²) in [5, 5.41) is 0.694. The third kappa shape index (κ3) is 3.24. The van der Waals surface area contributed by atoms with Crippen molar-refractivity contribution in [2.24, 2.45) is 5.41 Å². The highest BCUT2D eigenvalue weighted by Gasteiger charge is 2.41. The summed E-state index contributed by atoms with van der Waals surface area (Å²) in [6, 6.07) is 7.64. The first-order valence-electron chi connectivity index (χ1n) is 7.78. The summed E-state index contributed by atoms with van der Waals surface area (Å²) in [5.74, 6) is 0.221. The summed E-state index contributed by atoms with van der Waals surface area (Å²) >= 11 is 6.16. The van der Waals surface area contributed by atoms with Crippen LogP contribution in [0, 0.1) is 5.41 Å². The van der Waals surface area contributed by atoms with Gasteiger partial charge in [-0.15, -0.1) is 0 Å². The lowest BCUT2D eigenvalue weighted by atomic mass is 9.78. The van der Waals surface area contributed by atoms with E-state index in [2.05, 4.69) is 16.8 Å². The predicted octanol–water partition coefficient (Wildman–Crippen LogP) is 2.83. The van der Waals surface area contributed by atoms with Crippen molar-refractivity contribution in [1.82, 2.24) is 9.80 Å². The van der Waals surface area contributed by atoms with E-state index in [1.54, 1.807) is 0 Å². The number of benzene rings is 1. The maximum atomic E-state index is 12.5. The minimum Gasteiger partial charge on any atom is -0.342 e. The molecular weight excluding hydrogens is 284 g/mol. The van der Waals surface area contributed by atoms with E-state index < -0.39 is 0 Å². The number of hydrogen-bond donors (Lipinski definition) is 0. The molecule has 1 aromatic carbocycles. The first-order chi connectivity index (χ1) is 10.1. The van der Waals surface area contributed by atoms with E-state index in [9.17, 15) is 4.79 Å². The molecule has 2 aliphatic heterocycles. The Labute approximate surface area is 131 Å². The number of piperidine rings is 1. The number of rotatable bonds is 2. The Bertz CT molecular complexity index is 523. The summed E-state index contributed by atoms with van der Waals surface area (Å²) in [5.41, 5.74) is 1.32. The van der Waals surface area contributed by atoms with Gasteiger partial charge in [0.05, 0.1) is 6.42 Å². The van der Waals surface area contributed by atoms with Crippen LogP contribution in [0.25, 0.3) is 0 Å². The van der Waals surface area contributed by atoms with Gasteiger partial charge in [0, 0.05) is 18.1 Å². The van der Waals surface area contributed by atoms with Gasteiger partial charge in [-0.25, -0.2) is 0 Å². The lowest BCUT2D eigenvalue weighted by Crippen LogP contribution is -2.40. The molecule has 0 N–H and O–H groups in total. The van der Waals surface area contributed by atoms with E-state index in [1.165, 1.54) is 12.8 Å². The molecule has 2 fully saturated rings. The smallest absolute Gasteiger partial charge is 0.227 e. The van der Waals surface area contributed by atoms with Crippen LogP contribution in [0.1, 0.15) is 24.8 Å². The Morgan fingerprint density at radius 3 is 2.57 bits per heavy atom. The van der Waals surface area contributed by atoms with E-state index in [1.807, 2.05) is 24.3 Å². The average Bonchev–Trinajstić information content (AvgIpc) is 2.89. The Morgan fingerprint density at radius 2 is 1.86 bits per heavy atom. The van der Waals surface area contributed by atoms with Crippen LogP contribution in [0.5, 0.6) is 0 Å². The van der Waals surface area contributed by atoms with Crippen molar-refractivity contribution in [1.29, 1.82) is 0 Å². The summed E-state index contributed by atoms with van der Waals surface area (Å²) in [4.78, 5) is 17.0. The van der Waals surface area contributed by atoms with Crippen LogP contribution in [0.15, 0.2) is 24.3 Å². The van der Waals surface area contributed by atoms with Crippen molar-refractivity contribution in [3.63, 3.8) is 0 Å². The molecule has 3 nitrogen and oxygen atoms in total. The maximum absolute atomic E-state index is 12.5. The highest BCUT2D eigenvalue weighted by molar-refractivity contribution is 6.31. The number of carbonyl (C=O) groups excluding carboxylic acids is 1. The van der Waals surface area contributed by atoms with E-state index in [4.69, 9.17) is 11.6 Å². The largest absolute Gasteiger partial charge is 0.342 e. The Kier molecular flexibility index (Phi) is 4.23. The van der Waals surface area contributed by atoms with Gasteiger partial charge in [0.1, 0.15) is 0 Å². The minimum atomic E-state index is 0.221. The molecule has 0 aromatic heterocycles. The number of nitrogens with zero attached hydrogens (tertiary/aromatic N) is 2. The fourth-order valence-corrected chi connectivity index (χ4v) is 3.77. The molecule has 0 radical (unpaired) electrons. The molecule has 2 aliphatic rings. The zero-order chi connectivity index (χ0) is 14.9. The van der Waals surface area contributed by atoms with Gasteiger partial charge in [0.2, 0.25) is 5.91 Å². The van der Waals surface area contributed by atoms with Gasteiger partial charge in [-0.05, 0) is 56.4 Å². The highest BCUT2D eigenvalue weighted by Crippen LogP contribution is 2.40. The molecule has 21 heavy (non-hydrogen) atoms.